The maximum Gasteiger partial charge on any atom is 0.326 e. The molecule has 146 valence electrons. The van der Waals surface area contributed by atoms with Gasteiger partial charge in [0.25, 0.3) is 5.91 Å². The molecule has 1 aromatic carbocycles. The van der Waals surface area contributed by atoms with Gasteiger partial charge in [-0.3, -0.25) is 24.1 Å². The Morgan fingerprint density at radius 2 is 1.71 bits per heavy atom. The summed E-state index contributed by atoms with van der Waals surface area (Å²) in [6, 6.07) is 4.54. The Kier molecular flexibility index (Phi) is 4.89. The molecule has 0 aromatic heterocycles. The lowest BCUT2D eigenvalue weighted by atomic mass is 9.85. The van der Waals surface area contributed by atoms with E-state index < -0.39 is 25.0 Å². The second-order valence-corrected chi connectivity index (χ2v) is 7.91. The zero-order valence-corrected chi connectivity index (χ0v) is 16.1. The summed E-state index contributed by atoms with van der Waals surface area (Å²) >= 11 is 11.7. The number of esters is 1. The Labute approximate surface area is 170 Å². The molecule has 4 rings (SSSR count). The molecule has 28 heavy (non-hydrogen) atoms. The van der Waals surface area contributed by atoms with E-state index in [0.717, 1.165) is 11.3 Å². The van der Waals surface area contributed by atoms with Crippen LogP contribution in [0.15, 0.2) is 30.4 Å². The van der Waals surface area contributed by atoms with Gasteiger partial charge in [0.2, 0.25) is 11.8 Å². The topological polar surface area (TPSA) is 92.8 Å². The molecular formula is C19H16Cl2N2O5. The number of ether oxygens (including phenoxy) is 1. The average molecular weight is 423 g/mol. The summed E-state index contributed by atoms with van der Waals surface area (Å²) in [7, 11) is 0. The fourth-order valence-corrected chi connectivity index (χ4v) is 4.51. The highest BCUT2D eigenvalue weighted by atomic mass is 35.5. The molecule has 1 N–H and O–H groups in total. The fourth-order valence-electron chi connectivity index (χ4n) is 4.21. The summed E-state index contributed by atoms with van der Waals surface area (Å²) < 4.78 is 4.91. The minimum Gasteiger partial charge on any atom is -0.454 e. The quantitative estimate of drug-likeness (QED) is 0.446. The first kappa shape index (κ1) is 19.0. The molecule has 1 heterocycles. The molecule has 0 radical (unpaired) electrons. The minimum atomic E-state index is -0.814. The minimum absolute atomic E-state index is 0.0736. The smallest absolute Gasteiger partial charge is 0.326 e. The summed E-state index contributed by atoms with van der Waals surface area (Å²) in [6.07, 6.45) is 4.78. The van der Waals surface area contributed by atoms with Crippen LogP contribution in [0.3, 0.4) is 0 Å². The van der Waals surface area contributed by atoms with Crippen molar-refractivity contribution in [2.75, 3.05) is 18.5 Å². The average Bonchev–Trinajstić information content (AvgIpc) is 3.33. The molecule has 1 aromatic rings. The molecule has 9 heteroatoms. The zero-order valence-electron chi connectivity index (χ0n) is 14.6. The van der Waals surface area contributed by atoms with E-state index in [-0.39, 0.29) is 40.5 Å². The number of nitrogens with zero attached hydrogens (tertiary/aromatic N) is 1. The lowest BCUT2D eigenvalue weighted by Gasteiger charge is -2.16. The number of hydrogen-bond acceptors (Lipinski definition) is 5. The van der Waals surface area contributed by atoms with E-state index >= 15 is 0 Å². The molecular weight excluding hydrogens is 407 g/mol. The predicted octanol–water partition coefficient (Wildman–Crippen LogP) is 2.28. The van der Waals surface area contributed by atoms with Crippen molar-refractivity contribution in [2.45, 2.75) is 6.42 Å². The van der Waals surface area contributed by atoms with Crippen molar-refractivity contribution in [1.29, 1.82) is 0 Å². The number of carbonyl (C=O) groups is 4. The van der Waals surface area contributed by atoms with Crippen molar-refractivity contribution in [2.24, 2.45) is 23.7 Å². The van der Waals surface area contributed by atoms with Gasteiger partial charge in [-0.15, -0.1) is 0 Å². The highest BCUT2D eigenvalue weighted by Gasteiger charge is 2.59. The fraction of sp³-hybridized carbons (Fsp3) is 0.368. The standard InChI is InChI=1S/C19H16Cl2N2O5/c20-12-4-3-11(6-13(12)21)22-14(24)8-28-15(25)7-23-18(26)16-9-1-2-10(5-9)17(16)19(23)27/h1-4,6,9-10,16-17H,5,7-8H2,(H,22,24)/t9-,10-,16+,17+/m0/s1. The molecule has 0 spiro atoms. The third-order valence-electron chi connectivity index (χ3n) is 5.42. The van der Waals surface area contributed by atoms with Gasteiger partial charge in [-0.05, 0) is 36.5 Å². The summed E-state index contributed by atoms with van der Waals surface area (Å²) in [5.74, 6) is -2.64. The van der Waals surface area contributed by atoms with Crippen LogP contribution < -0.4 is 5.32 Å². The van der Waals surface area contributed by atoms with Crippen molar-refractivity contribution in [1.82, 2.24) is 4.90 Å². The van der Waals surface area contributed by atoms with E-state index in [1.165, 1.54) is 12.1 Å². The number of imide groups is 1. The monoisotopic (exact) mass is 422 g/mol. The molecule has 2 aliphatic carbocycles. The van der Waals surface area contributed by atoms with Crippen LogP contribution in [-0.2, 0) is 23.9 Å². The molecule has 2 fully saturated rings. The Bertz CT molecular complexity index is 886. The number of allylic oxidation sites excluding steroid dienone is 2. The van der Waals surface area contributed by atoms with Crippen LogP contribution in [0.5, 0.6) is 0 Å². The van der Waals surface area contributed by atoms with Gasteiger partial charge in [0.1, 0.15) is 6.54 Å². The van der Waals surface area contributed by atoms with Crippen LogP contribution in [0.25, 0.3) is 0 Å². The Hall–Kier alpha value is -2.38. The van der Waals surface area contributed by atoms with Crippen LogP contribution in [0.4, 0.5) is 5.69 Å². The number of fused-ring (bicyclic) bond motifs is 5. The third kappa shape index (κ3) is 3.29. The Balaban J connectivity index is 1.29. The molecule has 1 saturated carbocycles. The van der Waals surface area contributed by atoms with Gasteiger partial charge in [-0.25, -0.2) is 0 Å². The molecule has 1 aliphatic heterocycles. The normalized spacial score (nSPS) is 27.3. The highest BCUT2D eigenvalue weighted by Crippen LogP contribution is 2.52. The second-order valence-electron chi connectivity index (χ2n) is 7.10. The SMILES string of the molecule is O=C(COC(=O)CN1C(=O)[C@H]2[C@H](C1=O)[C@H]1C=C[C@H]2C1)Nc1ccc(Cl)c(Cl)c1. The van der Waals surface area contributed by atoms with Crippen LogP contribution in [-0.4, -0.2) is 41.7 Å². The van der Waals surface area contributed by atoms with Gasteiger partial charge >= 0.3 is 5.97 Å². The number of hydrogen-bond donors (Lipinski definition) is 1. The van der Waals surface area contributed by atoms with Gasteiger partial charge in [-0.2, -0.15) is 0 Å². The summed E-state index contributed by atoms with van der Waals surface area (Å²) in [5.41, 5.74) is 0.399. The number of nitrogens with one attached hydrogen (secondary N) is 1. The highest BCUT2D eigenvalue weighted by molar-refractivity contribution is 6.42. The molecule has 2 bridgehead atoms. The summed E-state index contributed by atoms with van der Waals surface area (Å²) in [4.78, 5) is 50.0. The molecule has 7 nitrogen and oxygen atoms in total. The Morgan fingerprint density at radius 3 is 2.32 bits per heavy atom. The molecule has 1 saturated heterocycles. The number of anilines is 1. The third-order valence-corrected chi connectivity index (χ3v) is 6.16. The van der Waals surface area contributed by atoms with Gasteiger partial charge < -0.3 is 10.1 Å². The van der Waals surface area contributed by atoms with Crippen LogP contribution >= 0.6 is 23.2 Å². The van der Waals surface area contributed by atoms with E-state index in [9.17, 15) is 19.2 Å². The van der Waals surface area contributed by atoms with E-state index in [1.807, 2.05) is 12.2 Å². The van der Waals surface area contributed by atoms with Crippen LogP contribution in [0, 0.1) is 23.7 Å². The lowest BCUT2D eigenvalue weighted by Crippen LogP contribution is -2.38. The number of benzene rings is 1. The largest absolute Gasteiger partial charge is 0.454 e. The van der Waals surface area contributed by atoms with Crippen LogP contribution in [0.1, 0.15) is 6.42 Å². The molecule has 3 aliphatic rings. The number of likely N-dealkylation sites (tertiary alicyclic amines) is 1. The number of rotatable bonds is 5. The molecule has 0 unspecified atom stereocenters. The lowest BCUT2D eigenvalue weighted by molar-refractivity contribution is -0.154. The maximum atomic E-state index is 12.5. The van der Waals surface area contributed by atoms with Gasteiger partial charge in [0.15, 0.2) is 6.61 Å². The van der Waals surface area contributed by atoms with Gasteiger partial charge in [0, 0.05) is 5.69 Å². The van der Waals surface area contributed by atoms with E-state index in [1.54, 1.807) is 6.07 Å². The van der Waals surface area contributed by atoms with E-state index in [0.29, 0.717) is 10.7 Å². The van der Waals surface area contributed by atoms with Crippen molar-refractivity contribution >= 4 is 52.6 Å². The second kappa shape index (κ2) is 7.22. The maximum absolute atomic E-state index is 12.5. The van der Waals surface area contributed by atoms with Gasteiger partial charge in [-0.1, -0.05) is 35.4 Å². The zero-order chi connectivity index (χ0) is 20.0. The predicted molar refractivity (Wildman–Crippen MR) is 100 cm³/mol. The van der Waals surface area contributed by atoms with Crippen molar-refractivity contribution in [3.05, 3.63) is 40.4 Å². The van der Waals surface area contributed by atoms with Crippen molar-refractivity contribution in [3.63, 3.8) is 0 Å². The molecule has 3 amide bonds. The van der Waals surface area contributed by atoms with Crippen LogP contribution in [0.2, 0.25) is 10.0 Å². The van der Waals surface area contributed by atoms with Crippen molar-refractivity contribution in [3.8, 4) is 0 Å². The van der Waals surface area contributed by atoms with Crippen molar-refractivity contribution < 1.29 is 23.9 Å². The first-order valence-electron chi connectivity index (χ1n) is 8.79. The Morgan fingerprint density at radius 1 is 1.07 bits per heavy atom. The summed E-state index contributed by atoms with van der Waals surface area (Å²) in [6.45, 7) is -1.03. The number of halogens is 2. The van der Waals surface area contributed by atoms with E-state index in [2.05, 4.69) is 5.32 Å². The van der Waals surface area contributed by atoms with E-state index in [4.69, 9.17) is 27.9 Å². The number of carbonyl (C=O) groups excluding carboxylic acids is 4. The summed E-state index contributed by atoms with van der Waals surface area (Å²) in [5, 5.41) is 3.14. The first-order chi connectivity index (χ1) is 13.3. The molecule has 4 atom stereocenters. The first-order valence-corrected chi connectivity index (χ1v) is 9.55. The number of amides is 3. The van der Waals surface area contributed by atoms with Gasteiger partial charge in [0.05, 0.1) is 21.9 Å².